The van der Waals surface area contributed by atoms with E-state index in [1.807, 2.05) is 0 Å². The van der Waals surface area contributed by atoms with Gasteiger partial charge in [-0.25, -0.2) is 4.79 Å². The Labute approximate surface area is 92.5 Å². The number of aliphatic hydroxyl groups excluding tert-OH is 1. The van der Waals surface area contributed by atoms with Crippen LogP contribution in [0.25, 0.3) is 0 Å². The molecule has 0 aliphatic carbocycles. The van der Waals surface area contributed by atoms with Crippen molar-refractivity contribution in [2.75, 3.05) is 14.2 Å². The Balaban J connectivity index is 0. The standard InChI is InChI=1S/C8H12O5.Cu/c1-5(9)6(8(11)13-3)4-7(10)12-2;/h9H,4H2,1-3H3;/b6-5-;. The smallest absolute Gasteiger partial charge is 0.337 e. The number of ether oxygens (including phenoxy) is 2. The van der Waals surface area contributed by atoms with Crippen molar-refractivity contribution >= 4 is 11.9 Å². The molecule has 0 amide bonds. The average Bonchev–Trinajstić information content (AvgIpc) is 2.11. The third kappa shape index (κ3) is 4.89. The Morgan fingerprint density at radius 2 is 1.71 bits per heavy atom. The molecule has 0 rings (SSSR count). The second-order valence-electron chi connectivity index (χ2n) is 2.31. The molecule has 0 bridgehead atoms. The molecule has 0 atom stereocenters. The first-order valence-electron chi connectivity index (χ1n) is 3.56. The zero-order valence-corrected chi connectivity index (χ0v) is 9.03. The van der Waals surface area contributed by atoms with Crippen LogP contribution >= 0.6 is 0 Å². The average molecular weight is 252 g/mol. The van der Waals surface area contributed by atoms with Crippen LogP contribution in [0.15, 0.2) is 11.3 Å². The summed E-state index contributed by atoms with van der Waals surface area (Å²) in [6, 6.07) is 0. The van der Waals surface area contributed by atoms with Crippen LogP contribution in [0.5, 0.6) is 0 Å². The molecule has 0 spiro atoms. The van der Waals surface area contributed by atoms with E-state index in [0.717, 1.165) is 0 Å². The fraction of sp³-hybridized carbons (Fsp3) is 0.500. The van der Waals surface area contributed by atoms with Crippen molar-refractivity contribution in [1.82, 2.24) is 0 Å². The summed E-state index contributed by atoms with van der Waals surface area (Å²) in [4.78, 5) is 21.7. The molecule has 0 aromatic rings. The quantitative estimate of drug-likeness (QED) is 0.343. The largest absolute Gasteiger partial charge is 0.512 e. The maximum Gasteiger partial charge on any atom is 0.337 e. The van der Waals surface area contributed by atoms with Crippen LogP contribution < -0.4 is 0 Å². The molecule has 0 fully saturated rings. The third-order valence-electron chi connectivity index (χ3n) is 1.42. The van der Waals surface area contributed by atoms with Crippen LogP contribution in [0.2, 0.25) is 0 Å². The van der Waals surface area contributed by atoms with E-state index >= 15 is 0 Å². The predicted molar refractivity (Wildman–Crippen MR) is 44.0 cm³/mol. The Morgan fingerprint density at radius 1 is 1.21 bits per heavy atom. The van der Waals surface area contributed by atoms with Crippen molar-refractivity contribution in [3.63, 3.8) is 0 Å². The molecule has 85 valence electrons. The summed E-state index contributed by atoms with van der Waals surface area (Å²) in [5.74, 6) is -1.57. The number of carbonyl (C=O) groups excluding carboxylic acids is 2. The van der Waals surface area contributed by atoms with Gasteiger partial charge in [0.05, 0.1) is 26.2 Å². The Kier molecular flexibility index (Phi) is 8.19. The molecule has 0 aliphatic rings. The predicted octanol–water partition coefficient (Wildman–Crippen LogP) is 0.552. The van der Waals surface area contributed by atoms with Crippen LogP contribution in [0.1, 0.15) is 13.3 Å². The van der Waals surface area contributed by atoms with Crippen molar-refractivity contribution < 1.29 is 41.2 Å². The van der Waals surface area contributed by atoms with Gasteiger partial charge < -0.3 is 14.6 Å². The van der Waals surface area contributed by atoms with E-state index < -0.39 is 11.9 Å². The normalized spacial score (nSPS) is 10.8. The molecule has 0 unspecified atom stereocenters. The van der Waals surface area contributed by atoms with E-state index in [4.69, 9.17) is 5.11 Å². The van der Waals surface area contributed by atoms with Gasteiger partial charge in [-0.05, 0) is 6.92 Å². The number of methoxy groups -OCH3 is 2. The summed E-state index contributed by atoms with van der Waals surface area (Å²) in [5.41, 5.74) is -0.0886. The summed E-state index contributed by atoms with van der Waals surface area (Å²) >= 11 is 0. The van der Waals surface area contributed by atoms with E-state index in [9.17, 15) is 9.59 Å². The van der Waals surface area contributed by atoms with Gasteiger partial charge in [-0.1, -0.05) is 0 Å². The summed E-state index contributed by atoms with van der Waals surface area (Å²) < 4.78 is 8.69. The minimum atomic E-state index is -0.731. The fourth-order valence-electron chi connectivity index (χ4n) is 0.687. The molecule has 1 radical (unpaired) electrons. The Hall–Kier alpha value is -1.00. The van der Waals surface area contributed by atoms with Gasteiger partial charge in [0, 0.05) is 17.1 Å². The van der Waals surface area contributed by atoms with E-state index in [1.54, 1.807) is 0 Å². The number of carbonyl (C=O) groups is 2. The van der Waals surface area contributed by atoms with Gasteiger partial charge in [0.15, 0.2) is 0 Å². The number of allylic oxidation sites excluding steroid dienone is 1. The summed E-state index contributed by atoms with van der Waals surface area (Å²) in [6.07, 6.45) is -0.286. The minimum absolute atomic E-state index is 0. The fourth-order valence-corrected chi connectivity index (χ4v) is 0.687. The number of esters is 2. The molecule has 0 aromatic heterocycles. The molecule has 5 nitrogen and oxygen atoms in total. The Bertz CT molecular complexity index is 242. The number of hydrogen-bond donors (Lipinski definition) is 1. The SMILES string of the molecule is COC(=O)C/C(C(=O)OC)=C(\C)O.[Cu]. The summed E-state index contributed by atoms with van der Waals surface area (Å²) in [7, 11) is 2.37. The van der Waals surface area contributed by atoms with Crippen molar-refractivity contribution in [3.8, 4) is 0 Å². The van der Waals surface area contributed by atoms with E-state index in [1.165, 1.54) is 21.1 Å². The first kappa shape index (κ1) is 15.5. The van der Waals surface area contributed by atoms with Gasteiger partial charge in [-0.2, -0.15) is 0 Å². The number of hydrogen-bond acceptors (Lipinski definition) is 5. The monoisotopic (exact) mass is 251 g/mol. The zero-order chi connectivity index (χ0) is 10.4. The maximum atomic E-state index is 11.0. The van der Waals surface area contributed by atoms with Gasteiger partial charge in [0.25, 0.3) is 0 Å². The molecule has 6 heteroatoms. The van der Waals surface area contributed by atoms with Crippen molar-refractivity contribution in [3.05, 3.63) is 11.3 Å². The molecule has 0 aromatic carbocycles. The van der Waals surface area contributed by atoms with Crippen LogP contribution in [0.4, 0.5) is 0 Å². The summed E-state index contributed by atoms with van der Waals surface area (Å²) in [5, 5.41) is 9.03. The minimum Gasteiger partial charge on any atom is -0.512 e. The number of rotatable bonds is 3. The van der Waals surface area contributed by atoms with E-state index in [2.05, 4.69) is 9.47 Å². The van der Waals surface area contributed by atoms with Crippen LogP contribution in [-0.2, 0) is 36.1 Å². The van der Waals surface area contributed by atoms with Crippen LogP contribution in [-0.4, -0.2) is 31.3 Å². The van der Waals surface area contributed by atoms with Gasteiger partial charge in [-0.15, -0.1) is 0 Å². The first-order valence-corrected chi connectivity index (χ1v) is 3.56. The molecule has 0 heterocycles. The van der Waals surface area contributed by atoms with Gasteiger partial charge >= 0.3 is 11.9 Å². The van der Waals surface area contributed by atoms with E-state index in [0.29, 0.717) is 0 Å². The van der Waals surface area contributed by atoms with Gasteiger partial charge in [0.2, 0.25) is 0 Å². The molecule has 0 saturated carbocycles. The molecule has 14 heavy (non-hydrogen) atoms. The second kappa shape index (κ2) is 7.41. The van der Waals surface area contributed by atoms with Crippen LogP contribution in [0, 0.1) is 0 Å². The van der Waals surface area contributed by atoms with Gasteiger partial charge in [-0.3, -0.25) is 4.79 Å². The maximum absolute atomic E-state index is 11.0. The van der Waals surface area contributed by atoms with Crippen LogP contribution in [0.3, 0.4) is 0 Å². The summed E-state index contributed by atoms with van der Waals surface area (Å²) in [6.45, 7) is 1.30. The van der Waals surface area contributed by atoms with Crippen molar-refractivity contribution in [1.29, 1.82) is 0 Å². The first-order chi connectivity index (χ1) is 6.02. The zero-order valence-electron chi connectivity index (χ0n) is 8.09. The molecule has 0 saturated heterocycles. The molecular formula is C8H12CuO5. The Morgan fingerprint density at radius 3 is 2.00 bits per heavy atom. The molecule has 0 aliphatic heterocycles. The molecular weight excluding hydrogens is 240 g/mol. The van der Waals surface area contributed by atoms with Gasteiger partial charge in [0.1, 0.15) is 5.76 Å². The second-order valence-corrected chi connectivity index (χ2v) is 2.31. The molecule has 1 N–H and O–H groups in total. The van der Waals surface area contributed by atoms with E-state index in [-0.39, 0.29) is 34.8 Å². The van der Waals surface area contributed by atoms with Crippen molar-refractivity contribution in [2.45, 2.75) is 13.3 Å². The van der Waals surface area contributed by atoms with Crippen molar-refractivity contribution in [2.24, 2.45) is 0 Å². The number of aliphatic hydroxyl groups is 1. The third-order valence-corrected chi connectivity index (χ3v) is 1.42. The topological polar surface area (TPSA) is 72.8 Å².